The second kappa shape index (κ2) is 13.1. The van der Waals surface area contributed by atoms with Gasteiger partial charge in [-0.1, -0.05) is 52.7 Å². The summed E-state index contributed by atoms with van der Waals surface area (Å²) in [4.78, 5) is 4.78. The Morgan fingerprint density at radius 2 is 2.11 bits per heavy atom. The molecule has 1 aromatic carbocycles. The number of pyridine rings is 1. The number of hydrogen-bond donors (Lipinski definition) is 2. The molecule has 0 saturated carbocycles. The lowest BCUT2D eigenvalue weighted by molar-refractivity contribution is 0.116. The lowest BCUT2D eigenvalue weighted by Crippen LogP contribution is -2.20. The molecule has 0 fully saturated rings. The fourth-order valence-corrected chi connectivity index (χ4v) is 5.04. The average Bonchev–Trinajstić information content (AvgIpc) is 3.16. The summed E-state index contributed by atoms with van der Waals surface area (Å²) in [6.45, 7) is 9.80. The van der Waals surface area contributed by atoms with Crippen molar-refractivity contribution in [3.05, 3.63) is 51.8 Å². The van der Waals surface area contributed by atoms with Gasteiger partial charge in [0.1, 0.15) is 0 Å². The van der Waals surface area contributed by atoms with Crippen molar-refractivity contribution in [1.29, 1.82) is 0 Å². The van der Waals surface area contributed by atoms with Crippen molar-refractivity contribution in [2.45, 2.75) is 46.8 Å². The maximum absolute atomic E-state index is 10.7. The maximum atomic E-state index is 10.7. The summed E-state index contributed by atoms with van der Waals surface area (Å²) in [5.74, 6) is 6.28. The molecular weight excluding hydrogens is 554 g/mol. The number of fused-ring (bicyclic) bond motifs is 1. The molecule has 2 N–H and O–H groups in total. The normalized spacial score (nSPS) is 13.4. The summed E-state index contributed by atoms with van der Waals surface area (Å²) < 4.78 is 30.4. The third kappa shape index (κ3) is 7.29. The third-order valence-electron chi connectivity index (χ3n) is 6.33. The summed E-state index contributed by atoms with van der Waals surface area (Å²) in [5, 5.41) is 14.3. The quantitative estimate of drug-likeness (QED) is 0.193. The molecule has 0 spiro atoms. The molecule has 0 bridgehead atoms. The first-order valence-electron chi connectivity index (χ1n) is 12.3. The minimum absolute atomic E-state index is 0.0572. The molecule has 2 atom stereocenters. The highest BCUT2D eigenvalue weighted by molar-refractivity contribution is 9.10. The molecule has 37 heavy (non-hydrogen) atoms. The first-order chi connectivity index (χ1) is 17.6. The van der Waals surface area contributed by atoms with Crippen LogP contribution in [-0.2, 0) is 28.8 Å². The van der Waals surface area contributed by atoms with Gasteiger partial charge in [-0.05, 0) is 55.5 Å². The molecule has 0 aliphatic rings. The molecule has 1 unspecified atom stereocenters. The van der Waals surface area contributed by atoms with E-state index in [0.717, 1.165) is 50.0 Å². The molecule has 3 rings (SSSR count). The van der Waals surface area contributed by atoms with Gasteiger partial charge in [-0.3, -0.25) is 9.19 Å². The van der Waals surface area contributed by atoms with Gasteiger partial charge in [0, 0.05) is 65.3 Å². The van der Waals surface area contributed by atoms with E-state index in [1.54, 1.807) is 13.3 Å². The highest BCUT2D eigenvalue weighted by atomic mass is 79.9. The number of hydrogen-bond acceptors (Lipinski definition) is 6. The first-order valence-corrected chi connectivity index (χ1v) is 14.4. The lowest BCUT2D eigenvalue weighted by Gasteiger charge is -2.24. The van der Waals surface area contributed by atoms with Crippen molar-refractivity contribution in [1.82, 2.24) is 14.9 Å². The highest BCUT2D eigenvalue weighted by Crippen LogP contribution is 2.41. The predicted octanol–water partition coefficient (Wildman–Crippen LogP) is 4.57. The number of ether oxygens (including phenoxy) is 1. The Morgan fingerprint density at radius 3 is 2.76 bits per heavy atom. The standard InChI is InChI=1S/C28H36BrN3O4S/c1-6-32-25-10-9-21(29)15-22(25)24(16-28(3,4)18-33)27(32)23-14-20(17-31-26(23)19(2)36-5)8-7-11-30-12-13-37(34)35/h9-10,14-15,17,19,30,33H,6,11-13,16,18H2,1-5H3,(H,34,35)/p-1/t19-/m0/s1. The van der Waals surface area contributed by atoms with Crippen LogP contribution in [0.2, 0.25) is 0 Å². The largest absolute Gasteiger partial charge is 0.772 e. The second-order valence-electron chi connectivity index (χ2n) is 9.75. The molecule has 2 heterocycles. The van der Waals surface area contributed by atoms with Gasteiger partial charge in [0.15, 0.2) is 0 Å². The molecule has 0 saturated heterocycles. The van der Waals surface area contributed by atoms with Crippen LogP contribution in [0.15, 0.2) is 34.9 Å². The number of aliphatic hydroxyl groups is 1. The average molecular weight is 590 g/mol. The van der Waals surface area contributed by atoms with Gasteiger partial charge in [0.25, 0.3) is 0 Å². The summed E-state index contributed by atoms with van der Waals surface area (Å²) in [6, 6.07) is 8.37. The number of aliphatic hydroxyl groups excluding tert-OH is 1. The number of benzene rings is 1. The molecule has 9 heteroatoms. The number of nitrogens with one attached hydrogen (secondary N) is 1. The molecule has 0 aliphatic heterocycles. The Balaban J connectivity index is 2.20. The number of halogens is 1. The molecule has 0 aliphatic carbocycles. The number of methoxy groups -OCH3 is 1. The minimum Gasteiger partial charge on any atom is -0.772 e. The van der Waals surface area contributed by atoms with E-state index < -0.39 is 11.1 Å². The van der Waals surface area contributed by atoms with Gasteiger partial charge in [0.05, 0.1) is 24.0 Å². The number of rotatable bonds is 11. The van der Waals surface area contributed by atoms with Crippen LogP contribution >= 0.6 is 15.9 Å². The fraction of sp³-hybridized carbons (Fsp3) is 0.464. The van der Waals surface area contributed by atoms with E-state index in [2.05, 4.69) is 76.6 Å². The topological polar surface area (TPSA) is 99.4 Å². The molecule has 7 nitrogen and oxygen atoms in total. The SMILES string of the molecule is CCn1c(-c2cc(C#CCNCCS(=O)[O-])cnc2[C@H](C)OC)c(CC(C)(C)CO)c2cc(Br)ccc21. The van der Waals surface area contributed by atoms with Crippen molar-refractivity contribution in [2.24, 2.45) is 5.41 Å². The van der Waals surface area contributed by atoms with Gasteiger partial charge in [-0.15, -0.1) is 0 Å². The minimum atomic E-state index is -2.07. The van der Waals surface area contributed by atoms with Gasteiger partial charge < -0.3 is 24.3 Å². The van der Waals surface area contributed by atoms with Crippen LogP contribution < -0.4 is 5.32 Å². The summed E-state index contributed by atoms with van der Waals surface area (Å²) in [5.41, 5.74) is 5.55. The smallest absolute Gasteiger partial charge is 0.0969 e. The van der Waals surface area contributed by atoms with Gasteiger partial charge in [0.2, 0.25) is 0 Å². The summed E-state index contributed by atoms with van der Waals surface area (Å²) in [7, 11) is 1.67. The number of aromatic nitrogens is 2. The van der Waals surface area contributed by atoms with E-state index in [1.807, 2.05) is 13.0 Å². The monoisotopic (exact) mass is 588 g/mol. The van der Waals surface area contributed by atoms with Crippen molar-refractivity contribution in [2.75, 3.05) is 32.6 Å². The van der Waals surface area contributed by atoms with Crippen molar-refractivity contribution >= 4 is 37.9 Å². The van der Waals surface area contributed by atoms with Crippen LogP contribution in [0, 0.1) is 17.3 Å². The first kappa shape index (κ1) is 29.5. The second-order valence-corrected chi connectivity index (χ2v) is 11.7. The van der Waals surface area contributed by atoms with Crippen LogP contribution in [0.3, 0.4) is 0 Å². The van der Waals surface area contributed by atoms with Crippen LogP contribution in [0.1, 0.15) is 50.6 Å². The fourth-order valence-electron chi connectivity index (χ4n) is 4.37. The van der Waals surface area contributed by atoms with Gasteiger partial charge >= 0.3 is 0 Å². The van der Waals surface area contributed by atoms with Crippen LogP contribution in [0.5, 0.6) is 0 Å². The van der Waals surface area contributed by atoms with Gasteiger partial charge in [-0.2, -0.15) is 0 Å². The van der Waals surface area contributed by atoms with Crippen LogP contribution in [-0.4, -0.2) is 56.0 Å². The summed E-state index contributed by atoms with van der Waals surface area (Å²) >= 11 is 1.58. The van der Waals surface area contributed by atoms with Gasteiger partial charge in [-0.25, -0.2) is 0 Å². The van der Waals surface area contributed by atoms with Crippen LogP contribution in [0.4, 0.5) is 0 Å². The number of aryl methyl sites for hydroxylation is 1. The zero-order valence-electron chi connectivity index (χ0n) is 22.1. The molecule has 3 aromatic rings. The lowest BCUT2D eigenvalue weighted by atomic mass is 9.84. The Labute approximate surface area is 230 Å². The predicted molar refractivity (Wildman–Crippen MR) is 152 cm³/mol. The Morgan fingerprint density at radius 1 is 1.35 bits per heavy atom. The van der Waals surface area contributed by atoms with E-state index in [9.17, 15) is 13.9 Å². The van der Waals surface area contributed by atoms with Crippen molar-refractivity contribution in [3.63, 3.8) is 0 Å². The molecule has 2 aromatic heterocycles. The highest BCUT2D eigenvalue weighted by Gasteiger charge is 2.27. The summed E-state index contributed by atoms with van der Waals surface area (Å²) in [6.07, 6.45) is 2.20. The Kier molecular flexibility index (Phi) is 10.5. The zero-order valence-corrected chi connectivity index (χ0v) is 24.5. The van der Waals surface area contributed by atoms with E-state index in [4.69, 9.17) is 9.72 Å². The molecule has 0 amide bonds. The molecule has 200 valence electrons. The zero-order chi connectivity index (χ0) is 27.2. The Hall–Kier alpha value is -2.06. The van der Waals surface area contributed by atoms with E-state index in [1.165, 1.54) is 0 Å². The van der Waals surface area contributed by atoms with Crippen LogP contribution in [0.25, 0.3) is 22.2 Å². The number of nitrogens with zero attached hydrogens (tertiary/aromatic N) is 2. The molecule has 0 radical (unpaired) electrons. The van der Waals surface area contributed by atoms with E-state index >= 15 is 0 Å². The van der Waals surface area contributed by atoms with E-state index in [0.29, 0.717) is 19.5 Å². The van der Waals surface area contributed by atoms with Crippen molar-refractivity contribution < 1.29 is 18.6 Å². The van der Waals surface area contributed by atoms with E-state index in [-0.39, 0.29) is 23.9 Å². The Bertz CT molecular complexity index is 1330. The third-order valence-corrected chi connectivity index (χ3v) is 7.36. The van der Waals surface area contributed by atoms with Crippen molar-refractivity contribution in [3.8, 4) is 23.1 Å². The molecular formula is C28H35BrN3O4S-. The maximum Gasteiger partial charge on any atom is 0.0969 e.